The van der Waals surface area contributed by atoms with Gasteiger partial charge in [-0.15, -0.1) is 0 Å². The van der Waals surface area contributed by atoms with E-state index in [-0.39, 0.29) is 18.6 Å². The number of carbonyl (C=O) groups excluding carboxylic acids is 1. The Labute approximate surface area is 110 Å². The Morgan fingerprint density at radius 1 is 1.28 bits per heavy atom. The van der Waals surface area contributed by atoms with E-state index in [4.69, 9.17) is 5.11 Å². The Morgan fingerprint density at radius 3 is 2.33 bits per heavy atom. The molecule has 1 unspecified atom stereocenters. The number of nitrogens with zero attached hydrogens (tertiary/aromatic N) is 3. The van der Waals surface area contributed by atoms with Crippen LogP contribution in [0.5, 0.6) is 0 Å². The molecule has 0 spiro atoms. The summed E-state index contributed by atoms with van der Waals surface area (Å²) in [6, 6.07) is -0.129. The molecule has 1 rings (SSSR count). The molecule has 1 saturated heterocycles. The minimum absolute atomic E-state index is 0.106. The van der Waals surface area contributed by atoms with Crippen molar-refractivity contribution in [2.75, 3.05) is 52.4 Å². The lowest BCUT2D eigenvalue weighted by atomic mass is 10.2. The number of likely N-dealkylation sites (N-methyl/N-ethyl adjacent to an activating group) is 2. The topological polar surface area (TPSA) is 47.0 Å². The van der Waals surface area contributed by atoms with Gasteiger partial charge in [-0.25, -0.2) is 0 Å². The Morgan fingerprint density at radius 2 is 1.89 bits per heavy atom. The summed E-state index contributed by atoms with van der Waals surface area (Å²) in [6.45, 7) is 12.2. The third-order valence-electron chi connectivity index (χ3n) is 3.83. The fourth-order valence-corrected chi connectivity index (χ4v) is 2.46. The van der Waals surface area contributed by atoms with Crippen LogP contribution in [-0.2, 0) is 4.79 Å². The van der Waals surface area contributed by atoms with E-state index >= 15 is 0 Å². The highest BCUT2D eigenvalue weighted by atomic mass is 16.3. The van der Waals surface area contributed by atoms with Crippen molar-refractivity contribution >= 4 is 5.91 Å². The standard InChI is InChI=1S/C13H27N3O2/c1-4-14-6-8-16(9-7-14)13(18)12(3)15(5-2)10-11-17/h12,17H,4-11H2,1-3H3. The summed E-state index contributed by atoms with van der Waals surface area (Å²) in [6.07, 6.45) is 0. The maximum Gasteiger partial charge on any atom is 0.239 e. The second kappa shape index (κ2) is 7.71. The highest BCUT2D eigenvalue weighted by Gasteiger charge is 2.27. The number of aliphatic hydroxyl groups is 1. The monoisotopic (exact) mass is 257 g/mol. The van der Waals surface area contributed by atoms with E-state index in [0.29, 0.717) is 6.54 Å². The van der Waals surface area contributed by atoms with Gasteiger partial charge in [-0.1, -0.05) is 13.8 Å². The van der Waals surface area contributed by atoms with Gasteiger partial charge in [0.05, 0.1) is 12.6 Å². The maximum atomic E-state index is 12.4. The molecular weight excluding hydrogens is 230 g/mol. The van der Waals surface area contributed by atoms with E-state index in [1.165, 1.54) is 0 Å². The number of amides is 1. The third-order valence-corrected chi connectivity index (χ3v) is 3.83. The number of carbonyl (C=O) groups is 1. The molecule has 1 aliphatic rings. The van der Waals surface area contributed by atoms with E-state index in [0.717, 1.165) is 39.3 Å². The first-order valence-corrected chi connectivity index (χ1v) is 7.00. The van der Waals surface area contributed by atoms with Gasteiger partial charge in [0, 0.05) is 32.7 Å². The molecule has 1 atom stereocenters. The van der Waals surface area contributed by atoms with Gasteiger partial charge in [0.25, 0.3) is 0 Å². The minimum atomic E-state index is -0.129. The van der Waals surface area contributed by atoms with Crippen LogP contribution in [0, 0.1) is 0 Å². The molecule has 0 bridgehead atoms. The van der Waals surface area contributed by atoms with Crippen molar-refractivity contribution < 1.29 is 9.90 Å². The van der Waals surface area contributed by atoms with E-state index in [1.54, 1.807) is 0 Å². The van der Waals surface area contributed by atoms with Crippen LogP contribution in [0.2, 0.25) is 0 Å². The van der Waals surface area contributed by atoms with Crippen LogP contribution in [0.25, 0.3) is 0 Å². The smallest absolute Gasteiger partial charge is 0.239 e. The van der Waals surface area contributed by atoms with Crippen LogP contribution >= 0.6 is 0 Å². The van der Waals surface area contributed by atoms with Gasteiger partial charge in [0.1, 0.15) is 0 Å². The Bertz CT molecular complexity index is 253. The van der Waals surface area contributed by atoms with Crippen molar-refractivity contribution in [1.82, 2.24) is 14.7 Å². The van der Waals surface area contributed by atoms with Crippen molar-refractivity contribution in [3.05, 3.63) is 0 Å². The predicted octanol–water partition coefficient (Wildman–Crippen LogP) is -0.147. The van der Waals surface area contributed by atoms with Gasteiger partial charge in [-0.3, -0.25) is 9.69 Å². The van der Waals surface area contributed by atoms with Crippen LogP contribution in [0.1, 0.15) is 20.8 Å². The molecule has 0 radical (unpaired) electrons. The summed E-state index contributed by atoms with van der Waals surface area (Å²) < 4.78 is 0. The van der Waals surface area contributed by atoms with Crippen LogP contribution in [0.15, 0.2) is 0 Å². The molecule has 5 nitrogen and oxygen atoms in total. The fraction of sp³-hybridized carbons (Fsp3) is 0.923. The van der Waals surface area contributed by atoms with Crippen LogP contribution < -0.4 is 0 Å². The minimum Gasteiger partial charge on any atom is -0.395 e. The Kier molecular flexibility index (Phi) is 6.60. The normalized spacial score (nSPS) is 19.3. The first-order valence-electron chi connectivity index (χ1n) is 7.00. The number of hydrogen-bond donors (Lipinski definition) is 1. The van der Waals surface area contributed by atoms with E-state index < -0.39 is 0 Å². The van der Waals surface area contributed by atoms with E-state index in [2.05, 4.69) is 11.8 Å². The highest BCUT2D eigenvalue weighted by Crippen LogP contribution is 2.07. The average Bonchev–Trinajstić information content (AvgIpc) is 2.43. The molecule has 0 saturated carbocycles. The molecule has 1 aliphatic heterocycles. The van der Waals surface area contributed by atoms with Crippen molar-refractivity contribution in [3.63, 3.8) is 0 Å². The Hall–Kier alpha value is -0.650. The summed E-state index contributed by atoms with van der Waals surface area (Å²) in [5.41, 5.74) is 0. The summed E-state index contributed by atoms with van der Waals surface area (Å²) in [5, 5.41) is 9.00. The second-order valence-corrected chi connectivity index (χ2v) is 4.79. The fourth-order valence-electron chi connectivity index (χ4n) is 2.46. The van der Waals surface area contributed by atoms with E-state index in [1.807, 2.05) is 23.6 Å². The van der Waals surface area contributed by atoms with Gasteiger partial charge in [-0.2, -0.15) is 0 Å². The lowest BCUT2D eigenvalue weighted by molar-refractivity contribution is -0.138. The van der Waals surface area contributed by atoms with Crippen molar-refractivity contribution in [1.29, 1.82) is 0 Å². The van der Waals surface area contributed by atoms with Crippen LogP contribution in [0.4, 0.5) is 0 Å². The zero-order valence-corrected chi connectivity index (χ0v) is 11.9. The molecule has 18 heavy (non-hydrogen) atoms. The van der Waals surface area contributed by atoms with Gasteiger partial charge in [0.2, 0.25) is 5.91 Å². The second-order valence-electron chi connectivity index (χ2n) is 4.79. The zero-order chi connectivity index (χ0) is 13.5. The molecule has 5 heteroatoms. The molecule has 0 aliphatic carbocycles. The van der Waals surface area contributed by atoms with E-state index in [9.17, 15) is 4.79 Å². The maximum absolute atomic E-state index is 12.4. The number of piperazine rings is 1. The molecule has 0 aromatic heterocycles. The van der Waals surface area contributed by atoms with Crippen molar-refractivity contribution in [2.24, 2.45) is 0 Å². The summed E-state index contributed by atoms with van der Waals surface area (Å²) in [4.78, 5) is 18.7. The predicted molar refractivity (Wildman–Crippen MR) is 72.5 cm³/mol. The average molecular weight is 257 g/mol. The number of aliphatic hydroxyl groups excluding tert-OH is 1. The first kappa shape index (κ1) is 15.4. The van der Waals surface area contributed by atoms with Gasteiger partial charge < -0.3 is 14.9 Å². The zero-order valence-electron chi connectivity index (χ0n) is 11.9. The molecule has 1 N–H and O–H groups in total. The summed E-state index contributed by atoms with van der Waals surface area (Å²) in [7, 11) is 0. The largest absolute Gasteiger partial charge is 0.395 e. The quantitative estimate of drug-likeness (QED) is 0.719. The number of hydrogen-bond acceptors (Lipinski definition) is 4. The molecule has 1 heterocycles. The lowest BCUT2D eigenvalue weighted by Crippen LogP contribution is -2.54. The lowest BCUT2D eigenvalue weighted by Gasteiger charge is -2.37. The van der Waals surface area contributed by atoms with Crippen molar-refractivity contribution in [2.45, 2.75) is 26.8 Å². The third kappa shape index (κ3) is 3.93. The van der Waals surface area contributed by atoms with Crippen LogP contribution in [0.3, 0.4) is 0 Å². The molecule has 0 aromatic carbocycles. The molecular formula is C13H27N3O2. The van der Waals surface area contributed by atoms with Gasteiger partial charge in [-0.05, 0) is 20.0 Å². The molecule has 106 valence electrons. The Balaban J connectivity index is 2.48. The van der Waals surface area contributed by atoms with Gasteiger partial charge in [0.15, 0.2) is 0 Å². The number of rotatable bonds is 6. The summed E-state index contributed by atoms with van der Waals surface area (Å²) >= 11 is 0. The van der Waals surface area contributed by atoms with Gasteiger partial charge >= 0.3 is 0 Å². The van der Waals surface area contributed by atoms with Crippen molar-refractivity contribution in [3.8, 4) is 0 Å². The highest BCUT2D eigenvalue weighted by molar-refractivity contribution is 5.81. The first-order chi connectivity index (χ1) is 8.63. The molecule has 0 aromatic rings. The summed E-state index contributed by atoms with van der Waals surface area (Å²) in [5.74, 6) is 0.195. The molecule has 1 fully saturated rings. The SMILES string of the molecule is CCN1CCN(C(=O)C(C)N(CC)CCO)CC1. The van der Waals surface area contributed by atoms with Crippen LogP contribution in [-0.4, -0.2) is 84.2 Å². The molecule has 1 amide bonds.